The molecule has 1 amide bonds. The van der Waals surface area contributed by atoms with Gasteiger partial charge in [0.2, 0.25) is 5.91 Å². The number of ether oxygens (including phenoxy) is 1. The van der Waals surface area contributed by atoms with Crippen molar-refractivity contribution in [2.75, 3.05) is 19.7 Å². The second-order valence-electron chi connectivity index (χ2n) is 6.65. The highest BCUT2D eigenvalue weighted by atomic mass is 16.7. The van der Waals surface area contributed by atoms with Gasteiger partial charge in [-0.3, -0.25) is 9.59 Å². The van der Waals surface area contributed by atoms with Crippen LogP contribution in [-0.2, 0) is 14.3 Å². The number of rotatable bonds is 10. The third-order valence-electron chi connectivity index (χ3n) is 4.87. The second-order valence-corrected chi connectivity index (χ2v) is 6.65. The molecule has 1 rings (SSSR count). The SMILES string of the molecule is CC(=O)C1(O)O[C@H](CO)[C@H](O)[C@H](O)[C@@]1(CCCCCCN)NC(=O)CN. The van der Waals surface area contributed by atoms with E-state index < -0.39 is 54.5 Å². The Hall–Kier alpha value is -1.14. The summed E-state index contributed by atoms with van der Waals surface area (Å²) in [5.74, 6) is -4.23. The number of hydrogen-bond acceptors (Lipinski definition) is 9. The summed E-state index contributed by atoms with van der Waals surface area (Å²) < 4.78 is 5.28. The molecular formula is C16H31N3O7. The molecule has 1 aliphatic rings. The van der Waals surface area contributed by atoms with Crippen LogP contribution >= 0.6 is 0 Å². The van der Waals surface area contributed by atoms with Gasteiger partial charge in [0.05, 0.1) is 13.2 Å². The van der Waals surface area contributed by atoms with E-state index in [9.17, 15) is 30.0 Å². The fourth-order valence-electron chi connectivity index (χ4n) is 3.37. The molecule has 0 aliphatic carbocycles. The Balaban J connectivity index is 3.24. The van der Waals surface area contributed by atoms with Crippen LogP contribution in [0.4, 0.5) is 0 Å². The lowest BCUT2D eigenvalue weighted by atomic mass is 9.71. The number of aliphatic hydroxyl groups excluding tert-OH is 3. The van der Waals surface area contributed by atoms with E-state index in [1.54, 1.807) is 0 Å². The summed E-state index contributed by atoms with van der Waals surface area (Å²) in [6, 6.07) is 0. The van der Waals surface area contributed by atoms with E-state index in [1.807, 2.05) is 0 Å². The van der Waals surface area contributed by atoms with Crippen molar-refractivity contribution in [1.82, 2.24) is 5.32 Å². The zero-order valence-corrected chi connectivity index (χ0v) is 15.1. The standard InChI is InChI=1S/C16H31N3O7/c1-10(21)16(25)15(19-12(22)8-18,6-4-2-3-5-7-17)14(24)13(23)11(9-20)26-16/h11,13-14,20,23-25H,2-9,17-18H2,1H3,(H,19,22)/t11-,13+,14+,15-,16?/m1/s1. The molecule has 9 N–H and O–H groups in total. The molecule has 1 unspecified atom stereocenters. The fraction of sp³-hybridized carbons (Fsp3) is 0.875. The molecular weight excluding hydrogens is 346 g/mol. The number of carbonyl (C=O) groups is 2. The van der Waals surface area contributed by atoms with Gasteiger partial charge in [0.1, 0.15) is 23.9 Å². The Morgan fingerprint density at radius 3 is 2.27 bits per heavy atom. The third-order valence-corrected chi connectivity index (χ3v) is 4.87. The lowest BCUT2D eigenvalue weighted by Gasteiger charge is -2.55. The second kappa shape index (κ2) is 9.70. The molecule has 1 aliphatic heterocycles. The van der Waals surface area contributed by atoms with Crippen LogP contribution in [0.1, 0.15) is 39.0 Å². The maximum absolute atomic E-state index is 12.2. The number of amides is 1. The topological polar surface area (TPSA) is 188 Å². The molecule has 1 heterocycles. The highest BCUT2D eigenvalue weighted by molar-refractivity contribution is 5.87. The molecule has 0 saturated carbocycles. The monoisotopic (exact) mass is 377 g/mol. The Labute approximate surface area is 152 Å². The molecule has 5 atom stereocenters. The summed E-state index contributed by atoms with van der Waals surface area (Å²) in [5, 5.41) is 43.6. The van der Waals surface area contributed by atoms with Crippen LogP contribution in [0.5, 0.6) is 0 Å². The zero-order valence-electron chi connectivity index (χ0n) is 15.1. The Morgan fingerprint density at radius 2 is 1.77 bits per heavy atom. The predicted molar refractivity (Wildman–Crippen MR) is 91.7 cm³/mol. The number of carbonyl (C=O) groups excluding carboxylic acids is 2. The molecule has 1 fully saturated rings. The number of nitrogens with one attached hydrogen (secondary N) is 1. The molecule has 1 saturated heterocycles. The first-order chi connectivity index (χ1) is 12.2. The molecule has 152 valence electrons. The van der Waals surface area contributed by atoms with Crippen molar-refractivity contribution in [2.24, 2.45) is 11.5 Å². The van der Waals surface area contributed by atoms with Crippen molar-refractivity contribution < 1.29 is 34.8 Å². The molecule has 0 aromatic heterocycles. The minimum atomic E-state index is -2.63. The Morgan fingerprint density at radius 1 is 1.15 bits per heavy atom. The summed E-state index contributed by atoms with van der Waals surface area (Å²) >= 11 is 0. The third kappa shape index (κ3) is 4.39. The van der Waals surface area contributed by atoms with E-state index in [0.717, 1.165) is 19.8 Å². The molecule has 0 spiro atoms. The smallest absolute Gasteiger partial charge is 0.253 e. The quantitative estimate of drug-likeness (QED) is 0.196. The van der Waals surface area contributed by atoms with Crippen molar-refractivity contribution in [3.8, 4) is 0 Å². The average molecular weight is 377 g/mol. The van der Waals surface area contributed by atoms with Gasteiger partial charge in [0.15, 0.2) is 5.78 Å². The predicted octanol–water partition coefficient (Wildman–Crippen LogP) is -2.90. The highest BCUT2D eigenvalue weighted by Gasteiger charge is 2.66. The van der Waals surface area contributed by atoms with E-state index in [0.29, 0.717) is 19.4 Å². The first kappa shape index (κ1) is 22.9. The van der Waals surface area contributed by atoms with Gasteiger partial charge in [0.25, 0.3) is 5.79 Å². The lowest BCUT2D eigenvalue weighted by molar-refractivity contribution is -0.330. The number of ketones is 1. The minimum absolute atomic E-state index is 0.0459. The van der Waals surface area contributed by atoms with Crippen molar-refractivity contribution in [3.05, 3.63) is 0 Å². The summed E-state index contributed by atoms with van der Waals surface area (Å²) in [6.07, 6.45) is -2.17. The molecule has 0 bridgehead atoms. The van der Waals surface area contributed by atoms with E-state index in [2.05, 4.69) is 5.32 Å². The van der Waals surface area contributed by atoms with Gasteiger partial charge in [-0.05, 0) is 19.4 Å². The number of Topliss-reactive ketones (excluding diaryl/α,β-unsaturated/α-hetero) is 1. The number of unbranched alkanes of at least 4 members (excludes halogenated alkanes) is 3. The van der Waals surface area contributed by atoms with Crippen LogP contribution < -0.4 is 16.8 Å². The maximum Gasteiger partial charge on any atom is 0.253 e. The summed E-state index contributed by atoms with van der Waals surface area (Å²) in [5.41, 5.74) is 8.77. The van der Waals surface area contributed by atoms with Crippen LogP contribution in [0, 0.1) is 0 Å². The molecule has 10 heteroatoms. The largest absolute Gasteiger partial charge is 0.394 e. The first-order valence-electron chi connectivity index (χ1n) is 8.79. The van der Waals surface area contributed by atoms with Crippen molar-refractivity contribution >= 4 is 11.7 Å². The molecule has 0 radical (unpaired) electrons. The van der Waals surface area contributed by atoms with Gasteiger partial charge in [-0.2, -0.15) is 0 Å². The average Bonchev–Trinajstić information content (AvgIpc) is 2.62. The highest BCUT2D eigenvalue weighted by Crippen LogP contribution is 2.41. The van der Waals surface area contributed by atoms with Crippen LogP contribution in [-0.4, -0.2) is 81.5 Å². The molecule has 0 aromatic carbocycles. The van der Waals surface area contributed by atoms with Crippen LogP contribution in [0.2, 0.25) is 0 Å². The number of nitrogens with two attached hydrogens (primary N) is 2. The minimum Gasteiger partial charge on any atom is -0.394 e. The molecule has 26 heavy (non-hydrogen) atoms. The van der Waals surface area contributed by atoms with Crippen molar-refractivity contribution in [1.29, 1.82) is 0 Å². The van der Waals surface area contributed by atoms with Crippen LogP contribution in [0.15, 0.2) is 0 Å². The van der Waals surface area contributed by atoms with E-state index in [4.69, 9.17) is 16.2 Å². The van der Waals surface area contributed by atoms with Gasteiger partial charge in [-0.15, -0.1) is 0 Å². The number of aliphatic hydroxyl groups is 4. The number of hydrogen-bond donors (Lipinski definition) is 7. The zero-order chi connectivity index (χ0) is 20.0. The molecule has 0 aromatic rings. The van der Waals surface area contributed by atoms with Crippen molar-refractivity contribution in [2.45, 2.75) is 68.7 Å². The van der Waals surface area contributed by atoms with E-state index >= 15 is 0 Å². The van der Waals surface area contributed by atoms with Crippen LogP contribution in [0.3, 0.4) is 0 Å². The van der Waals surface area contributed by atoms with E-state index in [1.165, 1.54) is 0 Å². The van der Waals surface area contributed by atoms with Gasteiger partial charge in [0, 0.05) is 6.92 Å². The summed E-state index contributed by atoms with van der Waals surface area (Å²) in [7, 11) is 0. The maximum atomic E-state index is 12.2. The van der Waals surface area contributed by atoms with Gasteiger partial charge >= 0.3 is 0 Å². The lowest BCUT2D eigenvalue weighted by Crippen LogP contribution is -2.81. The van der Waals surface area contributed by atoms with Crippen molar-refractivity contribution in [3.63, 3.8) is 0 Å². The van der Waals surface area contributed by atoms with E-state index in [-0.39, 0.29) is 6.42 Å². The van der Waals surface area contributed by atoms with Gasteiger partial charge in [-0.1, -0.05) is 19.3 Å². The molecule has 10 nitrogen and oxygen atoms in total. The van der Waals surface area contributed by atoms with Gasteiger partial charge in [-0.25, -0.2) is 0 Å². The Kier molecular flexibility index (Phi) is 8.54. The summed E-state index contributed by atoms with van der Waals surface area (Å²) in [4.78, 5) is 24.2. The fourth-order valence-corrected chi connectivity index (χ4v) is 3.37. The van der Waals surface area contributed by atoms with Crippen LogP contribution in [0.25, 0.3) is 0 Å². The summed E-state index contributed by atoms with van der Waals surface area (Å²) in [6.45, 7) is 0.381. The normalized spacial score (nSPS) is 34.5. The van der Waals surface area contributed by atoms with Gasteiger partial charge < -0.3 is 41.9 Å². The first-order valence-corrected chi connectivity index (χ1v) is 8.79. The Bertz CT molecular complexity index is 492.